The topological polar surface area (TPSA) is 97.3 Å². The molecule has 3 aliphatic rings. The Morgan fingerprint density at radius 2 is 1.75 bits per heavy atom. The van der Waals surface area contributed by atoms with Crippen molar-refractivity contribution in [2.45, 2.75) is 82.8 Å². The number of carbonyl (C=O) groups excluding carboxylic acids is 2. The Kier molecular flexibility index (Phi) is 9.53. The predicted molar refractivity (Wildman–Crippen MR) is 145 cm³/mol. The first-order valence-corrected chi connectivity index (χ1v) is 14.5. The van der Waals surface area contributed by atoms with E-state index in [1.807, 2.05) is 13.0 Å². The molecule has 0 bridgehead atoms. The molecule has 1 aromatic rings. The number of alkyl halides is 6. The molecule has 2 atom stereocenters. The van der Waals surface area contributed by atoms with Crippen molar-refractivity contribution in [2.24, 2.45) is 5.92 Å². The van der Waals surface area contributed by atoms with E-state index in [0.717, 1.165) is 4.90 Å². The van der Waals surface area contributed by atoms with Gasteiger partial charge in [0.15, 0.2) is 5.76 Å². The smallest absolute Gasteiger partial charge is 0.430 e. The summed E-state index contributed by atoms with van der Waals surface area (Å²) in [5.74, 6) is 0.694. The number of hydrogen-bond acceptors (Lipinski definition) is 6. The van der Waals surface area contributed by atoms with Crippen molar-refractivity contribution in [2.75, 3.05) is 26.4 Å². The van der Waals surface area contributed by atoms with E-state index in [9.17, 15) is 41.0 Å². The lowest BCUT2D eigenvalue weighted by molar-refractivity contribution is -0.376. The summed E-state index contributed by atoms with van der Waals surface area (Å²) in [5, 5.41) is 12.7. The number of nitrogens with one attached hydrogen (secondary N) is 1. The molecule has 14 heteroatoms. The number of aliphatic hydroxyl groups is 1. The Hall–Kier alpha value is -3.42. The SMILES string of the molecule is CCCc1cc(C(O)(C(F)(F)F)C(F)(F)F)cc(C)c1OCCCCN1C(=O)NC(CC)(C2C=CC3=C(C2)OCCO3)C1=O. The van der Waals surface area contributed by atoms with Crippen molar-refractivity contribution in [1.82, 2.24) is 10.2 Å². The van der Waals surface area contributed by atoms with Crippen LogP contribution in [0.15, 0.2) is 35.8 Å². The molecule has 1 aromatic carbocycles. The molecule has 244 valence electrons. The van der Waals surface area contributed by atoms with Crippen LogP contribution >= 0.6 is 0 Å². The summed E-state index contributed by atoms with van der Waals surface area (Å²) in [4.78, 5) is 27.6. The first kappa shape index (κ1) is 33.5. The average molecular weight is 635 g/mol. The molecule has 0 aromatic heterocycles. The number of allylic oxidation sites excluding steroid dienone is 2. The minimum absolute atomic E-state index is 0.00542. The lowest BCUT2D eigenvalue weighted by atomic mass is 9.77. The summed E-state index contributed by atoms with van der Waals surface area (Å²) in [6, 6.07) is 0.800. The Morgan fingerprint density at radius 3 is 2.39 bits per heavy atom. The summed E-state index contributed by atoms with van der Waals surface area (Å²) in [7, 11) is 0. The first-order chi connectivity index (χ1) is 20.6. The molecular weight excluding hydrogens is 598 g/mol. The van der Waals surface area contributed by atoms with Gasteiger partial charge in [0.2, 0.25) is 0 Å². The number of imide groups is 1. The van der Waals surface area contributed by atoms with E-state index in [1.54, 1.807) is 13.0 Å². The number of hydrogen-bond donors (Lipinski definition) is 2. The van der Waals surface area contributed by atoms with Crippen LogP contribution in [-0.2, 0) is 26.3 Å². The second-order valence-corrected chi connectivity index (χ2v) is 11.2. The van der Waals surface area contributed by atoms with Crippen LogP contribution in [0.3, 0.4) is 0 Å². The van der Waals surface area contributed by atoms with Crippen LogP contribution in [0.2, 0.25) is 0 Å². The van der Waals surface area contributed by atoms with E-state index in [4.69, 9.17) is 14.2 Å². The van der Waals surface area contributed by atoms with Gasteiger partial charge >= 0.3 is 18.4 Å². The number of benzene rings is 1. The summed E-state index contributed by atoms with van der Waals surface area (Å²) in [6.07, 6.45) is -6.45. The quantitative estimate of drug-likeness (QED) is 0.177. The normalized spacial score (nSPS) is 22.5. The molecule has 2 heterocycles. The van der Waals surface area contributed by atoms with Crippen LogP contribution in [0, 0.1) is 12.8 Å². The van der Waals surface area contributed by atoms with E-state index in [2.05, 4.69) is 5.32 Å². The number of carbonyl (C=O) groups is 2. The van der Waals surface area contributed by atoms with E-state index in [1.165, 1.54) is 6.92 Å². The molecule has 1 fully saturated rings. The van der Waals surface area contributed by atoms with Gasteiger partial charge in [0, 0.05) is 24.4 Å². The van der Waals surface area contributed by atoms with E-state index < -0.39 is 35.1 Å². The van der Waals surface area contributed by atoms with E-state index in [0.29, 0.717) is 69.0 Å². The summed E-state index contributed by atoms with van der Waals surface area (Å²) < 4.78 is 97.9. The lowest BCUT2D eigenvalue weighted by Gasteiger charge is -2.36. The van der Waals surface area contributed by atoms with Gasteiger partial charge in [0.25, 0.3) is 11.5 Å². The highest BCUT2D eigenvalue weighted by atomic mass is 19.4. The number of urea groups is 1. The molecule has 3 amide bonds. The van der Waals surface area contributed by atoms with Gasteiger partial charge in [-0.15, -0.1) is 0 Å². The summed E-state index contributed by atoms with van der Waals surface area (Å²) in [5.41, 5.74) is -7.40. The highest BCUT2D eigenvalue weighted by Crippen LogP contribution is 2.51. The maximum atomic E-state index is 13.5. The zero-order chi connectivity index (χ0) is 32.5. The average Bonchev–Trinajstić information content (AvgIpc) is 3.21. The standard InChI is InChI=1S/C30H36F6N2O6/c1-4-8-19-16-21(28(41,29(31,32)33)30(34,35)36)15-18(3)24(19)44-12-7-6-11-38-25(39)27(5-2,37-26(38)40)20-9-10-22-23(17-20)43-14-13-42-22/h9-10,15-16,20,41H,4-8,11-14,17H2,1-3H3,(H,37,40). The fraction of sp³-hybridized carbons (Fsp3) is 0.600. The number of amides is 3. The number of halogens is 6. The van der Waals surface area contributed by atoms with Crippen molar-refractivity contribution in [1.29, 1.82) is 0 Å². The van der Waals surface area contributed by atoms with Gasteiger partial charge in [-0.25, -0.2) is 4.79 Å². The number of nitrogens with zero attached hydrogens (tertiary/aromatic N) is 1. The van der Waals surface area contributed by atoms with Gasteiger partial charge in [-0.05, 0) is 61.9 Å². The van der Waals surface area contributed by atoms with Gasteiger partial charge in [-0.1, -0.05) is 26.3 Å². The Labute approximate surface area is 251 Å². The van der Waals surface area contributed by atoms with E-state index >= 15 is 0 Å². The number of rotatable bonds is 11. The summed E-state index contributed by atoms with van der Waals surface area (Å²) >= 11 is 0. The second-order valence-electron chi connectivity index (χ2n) is 11.2. The summed E-state index contributed by atoms with van der Waals surface area (Å²) in [6.45, 7) is 5.79. The molecule has 2 unspecified atom stereocenters. The molecule has 44 heavy (non-hydrogen) atoms. The van der Waals surface area contributed by atoms with Crippen LogP contribution in [0.1, 0.15) is 62.6 Å². The van der Waals surface area contributed by atoms with Gasteiger partial charge in [0.05, 0.1) is 6.61 Å². The first-order valence-electron chi connectivity index (χ1n) is 14.5. The van der Waals surface area contributed by atoms with Crippen LogP contribution in [0.25, 0.3) is 0 Å². The minimum Gasteiger partial charge on any atom is -0.493 e. The van der Waals surface area contributed by atoms with E-state index in [-0.39, 0.29) is 48.3 Å². The molecule has 0 saturated carbocycles. The molecule has 0 radical (unpaired) electrons. The number of ether oxygens (including phenoxy) is 3. The highest BCUT2D eigenvalue weighted by molar-refractivity contribution is 6.07. The minimum atomic E-state index is -6.00. The van der Waals surface area contributed by atoms with Crippen molar-refractivity contribution < 1.29 is 55.2 Å². The molecule has 2 aliphatic heterocycles. The van der Waals surface area contributed by atoms with Gasteiger partial charge < -0.3 is 24.6 Å². The molecule has 4 rings (SSSR count). The lowest BCUT2D eigenvalue weighted by Crippen LogP contribution is -2.54. The third kappa shape index (κ3) is 5.96. The third-order valence-corrected chi connectivity index (χ3v) is 8.30. The highest BCUT2D eigenvalue weighted by Gasteiger charge is 2.71. The predicted octanol–water partition coefficient (Wildman–Crippen LogP) is 5.95. The molecule has 2 N–H and O–H groups in total. The molecule has 1 aliphatic carbocycles. The van der Waals surface area contributed by atoms with Crippen molar-refractivity contribution in [3.63, 3.8) is 0 Å². The monoisotopic (exact) mass is 634 g/mol. The molecule has 8 nitrogen and oxygen atoms in total. The van der Waals surface area contributed by atoms with Crippen molar-refractivity contribution in [3.05, 3.63) is 52.5 Å². The zero-order valence-electron chi connectivity index (χ0n) is 24.7. The van der Waals surface area contributed by atoms with Crippen LogP contribution in [0.4, 0.5) is 31.1 Å². The van der Waals surface area contributed by atoms with Crippen LogP contribution in [0.5, 0.6) is 5.75 Å². The Bertz CT molecular complexity index is 1310. The van der Waals surface area contributed by atoms with Crippen molar-refractivity contribution in [3.8, 4) is 5.75 Å². The molecule has 0 spiro atoms. The molecular formula is C30H36F6N2O6. The fourth-order valence-electron chi connectivity index (χ4n) is 5.93. The largest absolute Gasteiger partial charge is 0.493 e. The number of aryl methyl sites for hydroxylation is 2. The third-order valence-electron chi connectivity index (χ3n) is 8.30. The fourth-order valence-corrected chi connectivity index (χ4v) is 5.93. The molecule has 1 saturated heterocycles. The number of unbranched alkanes of at least 4 members (excludes halogenated alkanes) is 1. The van der Waals surface area contributed by atoms with Gasteiger partial charge in [0.1, 0.15) is 30.3 Å². The van der Waals surface area contributed by atoms with Crippen LogP contribution < -0.4 is 10.1 Å². The Balaban J connectivity index is 1.40. The Morgan fingerprint density at radius 1 is 1.07 bits per heavy atom. The van der Waals surface area contributed by atoms with Crippen molar-refractivity contribution >= 4 is 11.9 Å². The maximum absolute atomic E-state index is 13.5. The van der Waals surface area contributed by atoms with Crippen LogP contribution in [-0.4, -0.2) is 66.2 Å². The van der Waals surface area contributed by atoms with Gasteiger partial charge in [-0.3, -0.25) is 9.69 Å². The van der Waals surface area contributed by atoms with Gasteiger partial charge in [-0.2, -0.15) is 26.3 Å². The zero-order valence-corrected chi connectivity index (χ0v) is 24.7. The maximum Gasteiger partial charge on any atom is 0.430 e. The second kappa shape index (κ2) is 12.5.